The third-order valence-corrected chi connectivity index (χ3v) is 3.92. The van der Waals surface area contributed by atoms with Crippen LogP contribution < -0.4 is 5.32 Å². The molecule has 1 aliphatic carbocycles. The molecule has 0 unspecified atom stereocenters. The van der Waals surface area contributed by atoms with E-state index in [-0.39, 0.29) is 29.9 Å². The zero-order valence-corrected chi connectivity index (χ0v) is 12.2. The van der Waals surface area contributed by atoms with Crippen molar-refractivity contribution in [2.75, 3.05) is 6.61 Å². The number of nitrogens with one attached hydrogen (secondary N) is 1. The monoisotopic (exact) mass is 291 g/mol. The number of rotatable bonds is 4. The summed E-state index contributed by atoms with van der Waals surface area (Å²) in [4.78, 5) is 23.6. The van der Waals surface area contributed by atoms with E-state index >= 15 is 0 Å². The molecule has 114 valence electrons. The van der Waals surface area contributed by atoms with Gasteiger partial charge in [0.25, 0.3) is 5.91 Å². The van der Waals surface area contributed by atoms with E-state index in [1.54, 1.807) is 12.1 Å². The number of hydrogen-bond donors (Lipinski definition) is 2. The van der Waals surface area contributed by atoms with Gasteiger partial charge in [-0.2, -0.15) is 0 Å². The Morgan fingerprint density at radius 1 is 1.29 bits per heavy atom. The molecule has 0 radical (unpaired) electrons. The molecule has 0 aliphatic heterocycles. The highest BCUT2D eigenvalue weighted by Gasteiger charge is 2.23. The van der Waals surface area contributed by atoms with Crippen molar-refractivity contribution in [1.29, 1.82) is 0 Å². The molecule has 0 heterocycles. The first-order chi connectivity index (χ1) is 10.1. The molecule has 2 rings (SSSR count). The van der Waals surface area contributed by atoms with E-state index in [9.17, 15) is 14.7 Å². The summed E-state index contributed by atoms with van der Waals surface area (Å²) >= 11 is 0. The topological polar surface area (TPSA) is 75.6 Å². The van der Waals surface area contributed by atoms with Crippen molar-refractivity contribution >= 4 is 11.9 Å². The number of hydrogen-bond acceptors (Lipinski definition) is 4. The van der Waals surface area contributed by atoms with E-state index in [0.29, 0.717) is 5.92 Å². The molecule has 0 saturated heterocycles. The lowest BCUT2D eigenvalue weighted by atomic mass is 9.86. The van der Waals surface area contributed by atoms with Crippen LogP contribution in [0.5, 0.6) is 5.75 Å². The first kappa shape index (κ1) is 15.4. The molecule has 21 heavy (non-hydrogen) atoms. The molecular formula is C16H21NO4. The standard InChI is InChI=1S/C16H21NO4/c1-11-6-2-4-8-13(11)17-15(19)10-21-16(20)12-7-3-5-9-14(12)18/h3,5,7,9,11,13,18H,2,4,6,8,10H2,1H3,(H,17,19)/t11-,13+/m1/s1. The van der Waals surface area contributed by atoms with Crippen molar-refractivity contribution in [2.24, 2.45) is 5.92 Å². The van der Waals surface area contributed by atoms with Crippen molar-refractivity contribution in [3.63, 3.8) is 0 Å². The summed E-state index contributed by atoms with van der Waals surface area (Å²) in [5, 5.41) is 12.5. The average molecular weight is 291 g/mol. The van der Waals surface area contributed by atoms with E-state index in [0.717, 1.165) is 19.3 Å². The van der Waals surface area contributed by atoms with Gasteiger partial charge in [-0.15, -0.1) is 0 Å². The number of esters is 1. The van der Waals surface area contributed by atoms with Crippen LogP contribution in [-0.4, -0.2) is 29.6 Å². The Bertz CT molecular complexity index is 515. The molecule has 0 aromatic heterocycles. The van der Waals surface area contributed by atoms with Gasteiger partial charge in [0.1, 0.15) is 11.3 Å². The first-order valence-corrected chi connectivity index (χ1v) is 7.32. The number of amides is 1. The highest BCUT2D eigenvalue weighted by Crippen LogP contribution is 2.23. The fourth-order valence-electron chi connectivity index (χ4n) is 2.63. The number of carbonyl (C=O) groups excluding carboxylic acids is 2. The molecule has 0 spiro atoms. The predicted octanol–water partition coefficient (Wildman–Crippen LogP) is 2.24. The Balaban J connectivity index is 1.81. The average Bonchev–Trinajstić information content (AvgIpc) is 2.48. The highest BCUT2D eigenvalue weighted by molar-refractivity contribution is 5.93. The summed E-state index contributed by atoms with van der Waals surface area (Å²) in [6, 6.07) is 6.26. The molecular weight excluding hydrogens is 270 g/mol. The molecule has 2 atom stereocenters. The van der Waals surface area contributed by atoms with E-state index in [1.807, 2.05) is 0 Å². The number of ether oxygens (including phenoxy) is 1. The first-order valence-electron chi connectivity index (χ1n) is 7.32. The molecule has 1 aromatic carbocycles. The Morgan fingerprint density at radius 2 is 2.00 bits per heavy atom. The van der Waals surface area contributed by atoms with Crippen molar-refractivity contribution in [1.82, 2.24) is 5.32 Å². The number of carbonyl (C=O) groups is 2. The zero-order valence-electron chi connectivity index (χ0n) is 12.2. The maximum Gasteiger partial charge on any atom is 0.342 e. The maximum absolute atomic E-state index is 11.8. The summed E-state index contributed by atoms with van der Waals surface area (Å²) in [6.45, 7) is 1.80. The SMILES string of the molecule is C[C@@H]1CCCC[C@@H]1NC(=O)COC(=O)c1ccccc1O. The second kappa shape index (κ2) is 7.11. The lowest BCUT2D eigenvalue weighted by Gasteiger charge is -2.29. The van der Waals surface area contributed by atoms with Crippen LogP contribution in [0.4, 0.5) is 0 Å². The maximum atomic E-state index is 11.8. The van der Waals surface area contributed by atoms with Crippen molar-refractivity contribution in [3.05, 3.63) is 29.8 Å². The summed E-state index contributed by atoms with van der Waals surface area (Å²) in [5.41, 5.74) is 0.0661. The Kier molecular flexibility index (Phi) is 5.20. The van der Waals surface area contributed by atoms with Crippen molar-refractivity contribution < 1.29 is 19.4 Å². The molecule has 1 saturated carbocycles. The summed E-state index contributed by atoms with van der Waals surface area (Å²) < 4.78 is 4.94. The molecule has 0 bridgehead atoms. The lowest BCUT2D eigenvalue weighted by molar-refractivity contribution is -0.125. The number of phenolic OH excluding ortho intramolecular Hbond substituents is 1. The second-order valence-corrected chi connectivity index (χ2v) is 5.53. The van der Waals surface area contributed by atoms with Gasteiger partial charge >= 0.3 is 5.97 Å². The minimum Gasteiger partial charge on any atom is -0.507 e. The largest absolute Gasteiger partial charge is 0.507 e. The fraction of sp³-hybridized carbons (Fsp3) is 0.500. The second-order valence-electron chi connectivity index (χ2n) is 5.53. The van der Waals surface area contributed by atoms with Gasteiger partial charge in [0.2, 0.25) is 0 Å². The molecule has 1 aromatic rings. The minimum absolute atomic E-state index is 0.0661. The molecule has 2 N–H and O–H groups in total. The van der Waals surface area contributed by atoms with Gasteiger partial charge in [0.15, 0.2) is 6.61 Å². The highest BCUT2D eigenvalue weighted by atomic mass is 16.5. The normalized spacial score (nSPS) is 21.6. The number of phenols is 1. The molecule has 5 nitrogen and oxygen atoms in total. The van der Waals surface area contributed by atoms with E-state index in [2.05, 4.69) is 12.2 Å². The number of aromatic hydroxyl groups is 1. The van der Waals surface area contributed by atoms with Crippen LogP contribution in [-0.2, 0) is 9.53 Å². The van der Waals surface area contributed by atoms with Gasteiger partial charge in [0, 0.05) is 6.04 Å². The van der Waals surface area contributed by atoms with Gasteiger partial charge in [-0.25, -0.2) is 4.79 Å². The molecule has 1 aliphatic rings. The van der Waals surface area contributed by atoms with Gasteiger partial charge in [-0.05, 0) is 30.9 Å². The van der Waals surface area contributed by atoms with Gasteiger partial charge in [-0.3, -0.25) is 4.79 Å². The third-order valence-electron chi connectivity index (χ3n) is 3.92. The van der Waals surface area contributed by atoms with Crippen LogP contribution in [0.3, 0.4) is 0 Å². The Morgan fingerprint density at radius 3 is 2.71 bits per heavy atom. The van der Waals surface area contributed by atoms with Crippen LogP contribution in [0.15, 0.2) is 24.3 Å². The van der Waals surface area contributed by atoms with Gasteiger partial charge in [0.05, 0.1) is 0 Å². The Hall–Kier alpha value is -2.04. The van der Waals surface area contributed by atoms with Crippen molar-refractivity contribution in [3.8, 4) is 5.75 Å². The van der Waals surface area contributed by atoms with Crippen LogP contribution >= 0.6 is 0 Å². The van der Waals surface area contributed by atoms with Crippen LogP contribution in [0.1, 0.15) is 43.0 Å². The van der Waals surface area contributed by atoms with E-state index in [1.165, 1.54) is 18.6 Å². The minimum atomic E-state index is -0.694. The number of benzene rings is 1. The van der Waals surface area contributed by atoms with Crippen LogP contribution in [0, 0.1) is 5.92 Å². The smallest absolute Gasteiger partial charge is 0.342 e. The van der Waals surface area contributed by atoms with Gasteiger partial charge in [-0.1, -0.05) is 31.9 Å². The van der Waals surface area contributed by atoms with Gasteiger partial charge < -0.3 is 15.2 Å². The Labute approximate surface area is 124 Å². The molecule has 1 amide bonds. The molecule has 5 heteroatoms. The fourth-order valence-corrected chi connectivity index (χ4v) is 2.63. The van der Waals surface area contributed by atoms with Crippen LogP contribution in [0.2, 0.25) is 0 Å². The predicted molar refractivity (Wildman–Crippen MR) is 78.0 cm³/mol. The quantitative estimate of drug-likeness (QED) is 0.834. The summed E-state index contributed by atoms with van der Waals surface area (Å²) in [7, 11) is 0. The summed E-state index contributed by atoms with van der Waals surface area (Å²) in [5.74, 6) is -0.683. The van der Waals surface area contributed by atoms with Crippen molar-refractivity contribution in [2.45, 2.75) is 38.6 Å². The van der Waals surface area contributed by atoms with E-state index < -0.39 is 5.97 Å². The zero-order chi connectivity index (χ0) is 15.2. The lowest BCUT2D eigenvalue weighted by Crippen LogP contribution is -2.42. The van der Waals surface area contributed by atoms with E-state index in [4.69, 9.17) is 4.74 Å². The number of para-hydroxylation sites is 1. The van der Waals surface area contributed by atoms with Crippen LogP contribution in [0.25, 0.3) is 0 Å². The molecule has 1 fully saturated rings. The summed E-state index contributed by atoms with van der Waals surface area (Å²) in [6.07, 6.45) is 4.41. The third kappa shape index (κ3) is 4.21.